The van der Waals surface area contributed by atoms with Crippen LogP contribution in [0.3, 0.4) is 0 Å². The van der Waals surface area contributed by atoms with Crippen LogP contribution in [0.4, 0.5) is 0 Å². The number of benzene rings is 1. The van der Waals surface area contributed by atoms with E-state index in [1.54, 1.807) is 23.0 Å². The van der Waals surface area contributed by atoms with E-state index in [-0.39, 0.29) is 18.9 Å². The Labute approximate surface area is 188 Å². The van der Waals surface area contributed by atoms with E-state index in [9.17, 15) is 23.8 Å². The first-order chi connectivity index (χ1) is 15.2. The molecule has 0 radical (unpaired) electrons. The number of aromatic nitrogens is 2. The van der Waals surface area contributed by atoms with Crippen LogP contribution >= 0.6 is 0 Å². The summed E-state index contributed by atoms with van der Waals surface area (Å²) in [5, 5.41) is 33.3. The Morgan fingerprint density at radius 2 is 2.06 bits per heavy atom. The molecule has 0 spiro atoms. The van der Waals surface area contributed by atoms with Crippen molar-refractivity contribution in [3.63, 3.8) is 0 Å². The number of rotatable bonds is 6. The van der Waals surface area contributed by atoms with Crippen molar-refractivity contribution in [1.29, 1.82) is 0 Å². The van der Waals surface area contributed by atoms with Gasteiger partial charge in [-0.15, -0.1) is 0 Å². The van der Waals surface area contributed by atoms with Crippen molar-refractivity contribution in [3.8, 4) is 23.7 Å². The first-order valence-electron chi connectivity index (χ1n) is 10.1. The van der Waals surface area contributed by atoms with Crippen LogP contribution in [0.5, 0.6) is 0 Å². The fraction of sp³-hybridized carbons (Fsp3) is 0.455. The van der Waals surface area contributed by atoms with Gasteiger partial charge in [0, 0.05) is 35.4 Å². The van der Waals surface area contributed by atoms with Crippen molar-refractivity contribution in [1.82, 2.24) is 15.3 Å². The Morgan fingerprint density at radius 1 is 1.34 bits per heavy atom. The molecule has 2 aromatic rings. The molecule has 1 aromatic carbocycles. The molecule has 1 fully saturated rings. The molecule has 3 rings (SSSR count). The third kappa shape index (κ3) is 5.94. The summed E-state index contributed by atoms with van der Waals surface area (Å²) in [4.78, 5) is 11.9. The molecular formula is C22H24N3O6S-. The van der Waals surface area contributed by atoms with E-state index < -0.39 is 40.4 Å². The van der Waals surface area contributed by atoms with Crippen molar-refractivity contribution in [3.05, 3.63) is 30.0 Å². The molecule has 1 aliphatic rings. The molecule has 32 heavy (non-hydrogen) atoms. The quantitative estimate of drug-likeness (QED) is 0.211. The van der Waals surface area contributed by atoms with Crippen LogP contribution in [0.25, 0.3) is 10.9 Å². The molecule has 9 nitrogen and oxygen atoms in total. The number of amides is 1. The van der Waals surface area contributed by atoms with E-state index in [0.717, 1.165) is 16.5 Å². The standard InChI is InChI=1S/C22H25N3O6S/c1-22(14-32(30)31,21(28)24-29)8-9-25-13-17-10-15(6-7-18(17)23-25)4-2-3-5-16-11-19(26)20(27)12-16/h6-7,10,13,16,19-20,26-27,29H,8-9,11-12,14H2,1H3,(H,24,28)(H,30,31)/p-1/t16?,19-,20+,22-/m0/s1. The molecule has 5 atom stereocenters. The van der Waals surface area contributed by atoms with Crippen LogP contribution in [0, 0.1) is 35.0 Å². The average Bonchev–Trinajstić information content (AvgIpc) is 3.30. The molecule has 0 saturated heterocycles. The molecule has 1 aromatic heterocycles. The van der Waals surface area contributed by atoms with Crippen LogP contribution in [0.15, 0.2) is 24.4 Å². The van der Waals surface area contributed by atoms with Gasteiger partial charge in [0.25, 0.3) is 0 Å². The van der Waals surface area contributed by atoms with Gasteiger partial charge in [-0.05, 0) is 56.2 Å². The third-order valence-corrected chi connectivity index (χ3v) is 6.45. The molecule has 0 aliphatic heterocycles. The van der Waals surface area contributed by atoms with Crippen LogP contribution < -0.4 is 5.48 Å². The number of carbonyl (C=O) groups is 1. The van der Waals surface area contributed by atoms with Gasteiger partial charge < -0.3 is 14.8 Å². The summed E-state index contributed by atoms with van der Waals surface area (Å²) in [6, 6.07) is 5.46. The van der Waals surface area contributed by atoms with E-state index in [0.29, 0.717) is 12.8 Å². The number of hydroxylamine groups is 1. The minimum atomic E-state index is -2.44. The first-order valence-corrected chi connectivity index (χ1v) is 11.3. The first kappa shape index (κ1) is 23.9. The van der Waals surface area contributed by atoms with Crippen LogP contribution in [-0.4, -0.2) is 57.8 Å². The molecule has 1 amide bonds. The highest BCUT2D eigenvalue weighted by Gasteiger charge is 2.33. The highest BCUT2D eigenvalue weighted by molar-refractivity contribution is 7.79. The Hall–Kier alpha value is -2.73. The summed E-state index contributed by atoms with van der Waals surface area (Å²) >= 11 is -2.44. The number of carbonyl (C=O) groups excluding carboxylic acids is 1. The van der Waals surface area contributed by atoms with Crippen molar-refractivity contribution < 1.29 is 29.0 Å². The maximum absolute atomic E-state index is 11.9. The highest BCUT2D eigenvalue weighted by Crippen LogP contribution is 2.25. The summed E-state index contributed by atoms with van der Waals surface area (Å²) in [6.07, 6.45) is 1.39. The van der Waals surface area contributed by atoms with Gasteiger partial charge in [-0.1, -0.05) is 22.9 Å². The molecule has 170 valence electrons. The number of aryl methyl sites for hydroxylation is 1. The number of nitrogens with zero attached hydrogens (tertiary/aromatic N) is 2. The summed E-state index contributed by atoms with van der Waals surface area (Å²) in [5.74, 6) is 10.2. The lowest BCUT2D eigenvalue weighted by atomic mass is 9.88. The summed E-state index contributed by atoms with van der Waals surface area (Å²) < 4.78 is 23.8. The van der Waals surface area contributed by atoms with Gasteiger partial charge in [0.15, 0.2) is 0 Å². The van der Waals surface area contributed by atoms with Gasteiger partial charge in [0.2, 0.25) is 5.91 Å². The van der Waals surface area contributed by atoms with Crippen molar-refractivity contribution >= 4 is 27.9 Å². The topological polar surface area (TPSA) is 148 Å². The maximum Gasteiger partial charge on any atom is 0.250 e. The van der Waals surface area contributed by atoms with E-state index in [1.165, 1.54) is 12.4 Å². The normalized spacial score (nSPS) is 22.8. The number of hydrogen-bond donors (Lipinski definition) is 4. The van der Waals surface area contributed by atoms with Crippen LogP contribution in [0.2, 0.25) is 0 Å². The van der Waals surface area contributed by atoms with E-state index in [1.807, 2.05) is 6.07 Å². The number of hydrogen-bond acceptors (Lipinski definition) is 7. The molecule has 0 bridgehead atoms. The highest BCUT2D eigenvalue weighted by atomic mass is 32.2. The van der Waals surface area contributed by atoms with Gasteiger partial charge in [0.05, 0.1) is 23.1 Å². The maximum atomic E-state index is 11.9. The average molecular weight is 459 g/mol. The van der Waals surface area contributed by atoms with E-state index in [4.69, 9.17) is 5.21 Å². The van der Waals surface area contributed by atoms with Gasteiger partial charge in [-0.3, -0.25) is 18.9 Å². The Kier molecular flexibility index (Phi) is 7.67. The summed E-state index contributed by atoms with van der Waals surface area (Å²) in [6.45, 7) is 1.75. The Balaban J connectivity index is 1.68. The minimum Gasteiger partial charge on any atom is -0.772 e. The second-order valence-electron chi connectivity index (χ2n) is 8.19. The van der Waals surface area contributed by atoms with Gasteiger partial charge >= 0.3 is 0 Å². The zero-order chi connectivity index (χ0) is 23.3. The van der Waals surface area contributed by atoms with E-state index >= 15 is 0 Å². The van der Waals surface area contributed by atoms with Gasteiger partial charge in [-0.25, -0.2) is 5.48 Å². The monoisotopic (exact) mass is 458 g/mol. The molecule has 4 N–H and O–H groups in total. The lowest BCUT2D eigenvalue weighted by Gasteiger charge is -2.27. The number of aliphatic hydroxyl groups is 2. The van der Waals surface area contributed by atoms with Crippen molar-refractivity contribution in [2.75, 3.05) is 5.75 Å². The third-order valence-electron chi connectivity index (χ3n) is 5.57. The van der Waals surface area contributed by atoms with Crippen molar-refractivity contribution in [2.45, 2.75) is 44.9 Å². The van der Waals surface area contributed by atoms with Gasteiger partial charge in [-0.2, -0.15) is 5.10 Å². The predicted molar refractivity (Wildman–Crippen MR) is 116 cm³/mol. The molecular weight excluding hydrogens is 434 g/mol. The largest absolute Gasteiger partial charge is 0.772 e. The number of nitrogens with one attached hydrogen (secondary N) is 1. The smallest absolute Gasteiger partial charge is 0.250 e. The summed E-state index contributed by atoms with van der Waals surface area (Å²) in [5.41, 5.74) is 1.70. The zero-order valence-corrected chi connectivity index (χ0v) is 18.3. The second-order valence-corrected chi connectivity index (χ2v) is 9.08. The number of aliphatic hydroxyl groups excluding tert-OH is 2. The Morgan fingerprint density at radius 3 is 2.72 bits per heavy atom. The molecule has 2 unspecified atom stereocenters. The van der Waals surface area contributed by atoms with E-state index in [2.05, 4.69) is 28.8 Å². The number of fused-ring (bicyclic) bond motifs is 1. The van der Waals surface area contributed by atoms with Gasteiger partial charge in [0.1, 0.15) is 0 Å². The van der Waals surface area contributed by atoms with Crippen LogP contribution in [0.1, 0.15) is 31.7 Å². The SMILES string of the molecule is C[C@](CCn1cc2cc(C#CC#CC3C[C@@H](O)[C@@H](O)C3)ccc2n1)(CS(=O)[O-])C(=O)NO. The molecule has 1 aliphatic carbocycles. The lowest BCUT2D eigenvalue weighted by Crippen LogP contribution is -2.42. The predicted octanol–water partition coefficient (Wildman–Crippen LogP) is 0.304. The molecule has 1 saturated carbocycles. The Bertz CT molecular complexity index is 1130. The molecule has 1 heterocycles. The zero-order valence-electron chi connectivity index (χ0n) is 17.4. The lowest BCUT2D eigenvalue weighted by molar-refractivity contribution is -0.138. The molecule has 10 heteroatoms. The van der Waals surface area contributed by atoms with Crippen molar-refractivity contribution in [2.24, 2.45) is 11.3 Å². The second kappa shape index (κ2) is 10.3. The van der Waals surface area contributed by atoms with Crippen LogP contribution in [-0.2, 0) is 22.4 Å². The fourth-order valence-electron chi connectivity index (χ4n) is 3.63. The summed E-state index contributed by atoms with van der Waals surface area (Å²) in [7, 11) is 0. The minimum absolute atomic E-state index is 0.0624. The fourth-order valence-corrected chi connectivity index (χ4v) is 4.43.